The van der Waals surface area contributed by atoms with E-state index in [9.17, 15) is 9.59 Å². The first kappa shape index (κ1) is 20.3. The van der Waals surface area contributed by atoms with E-state index >= 15 is 0 Å². The lowest BCUT2D eigenvalue weighted by Gasteiger charge is -2.60. The van der Waals surface area contributed by atoms with Crippen molar-refractivity contribution < 1.29 is 28.5 Å². The zero-order valence-electron chi connectivity index (χ0n) is 16.8. The molecule has 6 heteroatoms. The van der Waals surface area contributed by atoms with Gasteiger partial charge in [0.1, 0.15) is 12.2 Å². The van der Waals surface area contributed by atoms with Crippen LogP contribution in [0.25, 0.3) is 0 Å². The van der Waals surface area contributed by atoms with Crippen LogP contribution in [0, 0.1) is 11.8 Å². The van der Waals surface area contributed by atoms with Gasteiger partial charge in [0, 0.05) is 12.0 Å². The third-order valence-electron chi connectivity index (χ3n) is 5.96. The summed E-state index contributed by atoms with van der Waals surface area (Å²) in [4.78, 5) is 24.3. The molecule has 27 heavy (non-hydrogen) atoms. The summed E-state index contributed by atoms with van der Waals surface area (Å²) in [7, 11) is 0. The molecule has 6 nitrogen and oxygen atoms in total. The molecule has 152 valence electrons. The summed E-state index contributed by atoms with van der Waals surface area (Å²) >= 11 is 0. The Kier molecular flexibility index (Phi) is 5.96. The van der Waals surface area contributed by atoms with Gasteiger partial charge in [0.15, 0.2) is 6.29 Å². The van der Waals surface area contributed by atoms with Crippen LogP contribution < -0.4 is 0 Å². The van der Waals surface area contributed by atoms with E-state index in [1.807, 2.05) is 6.92 Å². The van der Waals surface area contributed by atoms with Crippen molar-refractivity contribution >= 4 is 11.9 Å². The molecule has 0 radical (unpaired) electrons. The maximum Gasteiger partial charge on any atom is 0.334 e. The predicted octanol–water partition coefficient (Wildman–Crippen LogP) is 3.53. The Balaban J connectivity index is 1.59. The van der Waals surface area contributed by atoms with Crippen LogP contribution in [-0.4, -0.2) is 42.6 Å². The van der Waals surface area contributed by atoms with Gasteiger partial charge >= 0.3 is 11.9 Å². The molecule has 3 atom stereocenters. The maximum absolute atomic E-state index is 12.2. The number of rotatable bonds is 9. The Bertz CT molecular complexity index is 583. The maximum atomic E-state index is 12.2. The van der Waals surface area contributed by atoms with Crippen molar-refractivity contribution in [2.24, 2.45) is 11.8 Å². The monoisotopic (exact) mass is 380 g/mol. The van der Waals surface area contributed by atoms with Crippen LogP contribution in [0.4, 0.5) is 0 Å². The number of hydrogen-bond donors (Lipinski definition) is 0. The van der Waals surface area contributed by atoms with Gasteiger partial charge in [-0.15, -0.1) is 0 Å². The van der Waals surface area contributed by atoms with Crippen molar-refractivity contribution in [1.82, 2.24) is 0 Å². The van der Waals surface area contributed by atoms with Crippen LogP contribution in [0.5, 0.6) is 0 Å². The molecule has 4 saturated carbocycles. The number of ether oxygens (including phenoxy) is 4. The molecule has 0 aromatic carbocycles. The average molecular weight is 380 g/mol. The largest absolute Gasteiger partial charge is 0.456 e. The molecular formula is C21H32O6. The summed E-state index contributed by atoms with van der Waals surface area (Å²) in [5, 5.41) is 0. The summed E-state index contributed by atoms with van der Waals surface area (Å²) in [6.45, 7) is 9.55. The molecule has 4 fully saturated rings. The Labute approximate surface area is 161 Å². The lowest BCUT2D eigenvalue weighted by Crippen LogP contribution is -2.61. The summed E-state index contributed by atoms with van der Waals surface area (Å²) in [6.07, 6.45) is 5.73. The molecule has 0 aromatic heterocycles. The molecule has 0 aliphatic heterocycles. The third kappa shape index (κ3) is 4.72. The summed E-state index contributed by atoms with van der Waals surface area (Å²) < 4.78 is 22.7. The van der Waals surface area contributed by atoms with Crippen LogP contribution in [0.15, 0.2) is 12.2 Å². The summed E-state index contributed by atoms with van der Waals surface area (Å²) in [6, 6.07) is 0. The van der Waals surface area contributed by atoms with Gasteiger partial charge in [-0.3, -0.25) is 0 Å². The van der Waals surface area contributed by atoms with Crippen molar-refractivity contribution in [3.8, 4) is 0 Å². The van der Waals surface area contributed by atoms with E-state index < -0.39 is 23.5 Å². The van der Waals surface area contributed by atoms with Crippen molar-refractivity contribution in [2.45, 2.75) is 83.2 Å². The number of esters is 2. The Morgan fingerprint density at radius 1 is 1.15 bits per heavy atom. The zero-order valence-corrected chi connectivity index (χ0v) is 16.8. The molecule has 3 unspecified atom stereocenters. The SMILES string of the molecule is C=C(C)C(=O)OC12CC3CC(CC(OCC(=O)OC(C)OCCC)(C3)C1)C2. The predicted molar refractivity (Wildman–Crippen MR) is 98.8 cm³/mol. The minimum atomic E-state index is -0.569. The highest BCUT2D eigenvalue weighted by atomic mass is 16.7. The highest BCUT2D eigenvalue weighted by Gasteiger charge is 2.60. The fourth-order valence-electron chi connectivity index (χ4n) is 5.42. The van der Waals surface area contributed by atoms with Crippen molar-refractivity contribution in [3.63, 3.8) is 0 Å². The van der Waals surface area contributed by atoms with Gasteiger partial charge < -0.3 is 18.9 Å². The molecule has 4 bridgehead atoms. The van der Waals surface area contributed by atoms with Crippen LogP contribution in [0.2, 0.25) is 0 Å². The molecule has 4 aliphatic rings. The van der Waals surface area contributed by atoms with Crippen LogP contribution in [0.1, 0.15) is 65.7 Å². The minimum absolute atomic E-state index is 0.0935. The molecule has 0 aromatic rings. The lowest BCUT2D eigenvalue weighted by molar-refractivity contribution is -0.237. The highest BCUT2D eigenvalue weighted by molar-refractivity contribution is 5.87. The van der Waals surface area contributed by atoms with Crippen LogP contribution in [-0.2, 0) is 28.5 Å². The molecule has 4 aliphatic carbocycles. The van der Waals surface area contributed by atoms with Gasteiger partial charge in [-0.25, -0.2) is 9.59 Å². The van der Waals surface area contributed by atoms with Gasteiger partial charge in [0.05, 0.1) is 12.2 Å². The van der Waals surface area contributed by atoms with E-state index in [1.54, 1.807) is 13.8 Å². The Morgan fingerprint density at radius 2 is 1.78 bits per heavy atom. The van der Waals surface area contributed by atoms with Crippen LogP contribution in [0.3, 0.4) is 0 Å². The van der Waals surface area contributed by atoms with Gasteiger partial charge in [-0.05, 0) is 64.2 Å². The second kappa shape index (κ2) is 7.92. The second-order valence-electron chi connectivity index (χ2n) is 8.71. The average Bonchev–Trinajstić information content (AvgIpc) is 2.56. The normalized spacial score (nSPS) is 34.9. The molecule has 0 saturated heterocycles. The molecule has 0 spiro atoms. The van der Waals surface area contributed by atoms with Crippen molar-refractivity contribution in [3.05, 3.63) is 12.2 Å². The fourth-order valence-corrected chi connectivity index (χ4v) is 5.42. The standard InChI is InChI=1S/C21H32O6/c1-5-6-24-15(4)26-18(22)12-25-20-8-16-7-17(9-20)11-21(10-16,13-20)27-19(23)14(2)3/h15-17H,2,5-13H2,1,3-4H3. The number of carbonyl (C=O) groups is 2. The number of carbonyl (C=O) groups excluding carboxylic acids is 2. The highest BCUT2D eigenvalue weighted by Crippen LogP contribution is 2.60. The third-order valence-corrected chi connectivity index (χ3v) is 5.96. The first-order valence-electron chi connectivity index (χ1n) is 10.1. The van der Waals surface area contributed by atoms with E-state index in [0.29, 0.717) is 30.4 Å². The van der Waals surface area contributed by atoms with E-state index in [0.717, 1.165) is 38.5 Å². The quantitative estimate of drug-likeness (QED) is 0.346. The molecule has 0 amide bonds. The van der Waals surface area contributed by atoms with E-state index in [-0.39, 0.29) is 12.6 Å². The van der Waals surface area contributed by atoms with E-state index in [2.05, 4.69) is 6.58 Å². The summed E-state index contributed by atoms with van der Waals surface area (Å²) in [5.41, 5.74) is -0.446. The first-order valence-corrected chi connectivity index (χ1v) is 10.1. The second-order valence-corrected chi connectivity index (χ2v) is 8.71. The van der Waals surface area contributed by atoms with Gasteiger partial charge in [-0.1, -0.05) is 13.5 Å². The van der Waals surface area contributed by atoms with Crippen molar-refractivity contribution in [2.75, 3.05) is 13.2 Å². The molecule has 0 N–H and O–H groups in total. The summed E-state index contributed by atoms with van der Waals surface area (Å²) in [5.74, 6) is 0.217. The van der Waals surface area contributed by atoms with Crippen LogP contribution >= 0.6 is 0 Å². The Morgan fingerprint density at radius 3 is 2.37 bits per heavy atom. The molecular weight excluding hydrogens is 348 g/mol. The molecule has 0 heterocycles. The number of hydrogen-bond acceptors (Lipinski definition) is 6. The van der Waals surface area contributed by atoms with Crippen molar-refractivity contribution in [1.29, 1.82) is 0 Å². The van der Waals surface area contributed by atoms with Gasteiger partial charge in [0.25, 0.3) is 0 Å². The van der Waals surface area contributed by atoms with E-state index in [4.69, 9.17) is 18.9 Å². The zero-order chi connectivity index (χ0) is 19.7. The van der Waals surface area contributed by atoms with E-state index in [1.165, 1.54) is 0 Å². The minimum Gasteiger partial charge on any atom is -0.456 e. The Hall–Kier alpha value is -1.40. The fraction of sp³-hybridized carbons (Fsp3) is 0.810. The molecule has 4 rings (SSSR count). The van der Waals surface area contributed by atoms with Gasteiger partial charge in [-0.2, -0.15) is 0 Å². The topological polar surface area (TPSA) is 71.1 Å². The lowest BCUT2D eigenvalue weighted by atomic mass is 9.52. The first-order chi connectivity index (χ1) is 12.7. The van der Waals surface area contributed by atoms with Gasteiger partial charge in [0.2, 0.25) is 0 Å². The smallest absolute Gasteiger partial charge is 0.334 e.